The Morgan fingerprint density at radius 1 is 1.44 bits per heavy atom. The number of aromatic nitrogens is 2. The van der Waals surface area contributed by atoms with Crippen LogP contribution < -0.4 is 5.73 Å². The van der Waals surface area contributed by atoms with Crippen molar-refractivity contribution in [1.82, 2.24) is 9.78 Å². The molecule has 0 aliphatic heterocycles. The molecule has 94 valence electrons. The van der Waals surface area contributed by atoms with E-state index in [-0.39, 0.29) is 0 Å². The standard InChI is InChI=1S/C13H14FN3O/c1-13(12(15)18,17-9-11(14)8-16-17)7-10-5-3-2-4-6-10/h2-6,8-9H,7H2,1H3,(H2,15,18). The molecule has 1 unspecified atom stereocenters. The molecular formula is C13H14FN3O. The molecule has 18 heavy (non-hydrogen) atoms. The van der Waals surface area contributed by atoms with E-state index in [1.807, 2.05) is 30.3 Å². The summed E-state index contributed by atoms with van der Waals surface area (Å²) in [4.78, 5) is 11.7. The predicted molar refractivity (Wildman–Crippen MR) is 65.2 cm³/mol. The number of nitrogens with zero attached hydrogens (tertiary/aromatic N) is 2. The second kappa shape index (κ2) is 4.60. The van der Waals surface area contributed by atoms with Gasteiger partial charge >= 0.3 is 0 Å². The molecule has 2 aromatic rings. The van der Waals surface area contributed by atoms with Crippen molar-refractivity contribution in [2.24, 2.45) is 5.73 Å². The van der Waals surface area contributed by atoms with Crippen LogP contribution in [0.4, 0.5) is 4.39 Å². The maximum Gasteiger partial charge on any atom is 0.245 e. The first-order chi connectivity index (χ1) is 8.52. The molecule has 4 nitrogen and oxygen atoms in total. The Hall–Kier alpha value is -2.17. The van der Waals surface area contributed by atoms with Crippen LogP contribution >= 0.6 is 0 Å². The van der Waals surface area contributed by atoms with Crippen LogP contribution in [0.15, 0.2) is 42.7 Å². The van der Waals surface area contributed by atoms with Crippen molar-refractivity contribution in [2.45, 2.75) is 18.9 Å². The molecule has 0 saturated carbocycles. The van der Waals surface area contributed by atoms with Crippen molar-refractivity contribution in [3.8, 4) is 0 Å². The van der Waals surface area contributed by atoms with Crippen molar-refractivity contribution in [3.63, 3.8) is 0 Å². The van der Waals surface area contributed by atoms with Gasteiger partial charge in [-0.05, 0) is 12.5 Å². The van der Waals surface area contributed by atoms with Crippen molar-refractivity contribution in [3.05, 3.63) is 54.1 Å². The van der Waals surface area contributed by atoms with Crippen LogP contribution in [0.3, 0.4) is 0 Å². The molecule has 1 atom stereocenters. The Kier molecular flexibility index (Phi) is 3.14. The van der Waals surface area contributed by atoms with Crippen LogP contribution in [0, 0.1) is 5.82 Å². The van der Waals surface area contributed by atoms with Gasteiger partial charge in [0.25, 0.3) is 0 Å². The number of hydrogen-bond donors (Lipinski definition) is 1. The zero-order valence-electron chi connectivity index (χ0n) is 10.0. The third kappa shape index (κ3) is 2.25. The Bertz CT molecular complexity index is 552. The first-order valence-corrected chi connectivity index (χ1v) is 5.57. The molecule has 1 aromatic heterocycles. The van der Waals surface area contributed by atoms with E-state index in [2.05, 4.69) is 5.10 Å². The summed E-state index contributed by atoms with van der Waals surface area (Å²) in [6, 6.07) is 9.42. The summed E-state index contributed by atoms with van der Waals surface area (Å²) in [5.74, 6) is -1.04. The maximum absolute atomic E-state index is 13.0. The minimum absolute atomic E-state index is 0.365. The molecule has 0 aliphatic carbocycles. The van der Waals surface area contributed by atoms with E-state index in [4.69, 9.17) is 5.73 Å². The minimum atomic E-state index is -1.08. The van der Waals surface area contributed by atoms with Gasteiger partial charge in [0.15, 0.2) is 5.82 Å². The maximum atomic E-state index is 13.0. The van der Waals surface area contributed by atoms with Crippen molar-refractivity contribution < 1.29 is 9.18 Å². The van der Waals surface area contributed by atoms with Crippen LogP contribution in [0.25, 0.3) is 0 Å². The fourth-order valence-electron chi connectivity index (χ4n) is 1.85. The summed E-state index contributed by atoms with van der Waals surface area (Å²) >= 11 is 0. The Morgan fingerprint density at radius 2 is 2.11 bits per heavy atom. The monoisotopic (exact) mass is 247 g/mol. The fraction of sp³-hybridized carbons (Fsp3) is 0.231. The van der Waals surface area contributed by atoms with Gasteiger partial charge in [0.05, 0.1) is 12.4 Å². The topological polar surface area (TPSA) is 60.9 Å². The van der Waals surface area contributed by atoms with Crippen LogP contribution in [-0.4, -0.2) is 15.7 Å². The lowest BCUT2D eigenvalue weighted by molar-refractivity contribution is -0.126. The number of carbonyl (C=O) groups is 1. The highest BCUT2D eigenvalue weighted by molar-refractivity contribution is 5.82. The van der Waals surface area contributed by atoms with E-state index in [9.17, 15) is 9.18 Å². The molecule has 1 amide bonds. The summed E-state index contributed by atoms with van der Waals surface area (Å²) < 4.78 is 14.3. The van der Waals surface area contributed by atoms with Gasteiger partial charge in [-0.3, -0.25) is 9.48 Å². The molecule has 0 saturated heterocycles. The molecule has 1 heterocycles. The molecule has 2 rings (SSSR count). The number of amides is 1. The lowest BCUT2D eigenvalue weighted by Crippen LogP contribution is -2.46. The van der Waals surface area contributed by atoms with Crippen molar-refractivity contribution in [1.29, 1.82) is 0 Å². The van der Waals surface area contributed by atoms with E-state index in [1.54, 1.807) is 6.92 Å². The molecule has 0 fully saturated rings. The van der Waals surface area contributed by atoms with E-state index >= 15 is 0 Å². The highest BCUT2D eigenvalue weighted by atomic mass is 19.1. The zero-order valence-corrected chi connectivity index (χ0v) is 10.0. The highest BCUT2D eigenvalue weighted by Gasteiger charge is 2.34. The van der Waals surface area contributed by atoms with Gasteiger partial charge in [0.2, 0.25) is 5.91 Å². The average Bonchev–Trinajstić information content (AvgIpc) is 2.77. The second-order valence-corrected chi connectivity index (χ2v) is 4.40. The molecule has 2 N–H and O–H groups in total. The quantitative estimate of drug-likeness (QED) is 0.889. The molecule has 0 radical (unpaired) electrons. The fourth-order valence-corrected chi connectivity index (χ4v) is 1.85. The summed E-state index contributed by atoms with van der Waals surface area (Å²) in [5, 5.41) is 3.85. The lowest BCUT2D eigenvalue weighted by Gasteiger charge is -2.26. The smallest absolute Gasteiger partial charge is 0.245 e. The van der Waals surface area contributed by atoms with Gasteiger partial charge in [-0.25, -0.2) is 4.39 Å². The third-order valence-corrected chi connectivity index (χ3v) is 2.98. The van der Waals surface area contributed by atoms with Gasteiger partial charge < -0.3 is 5.73 Å². The van der Waals surface area contributed by atoms with E-state index < -0.39 is 17.3 Å². The van der Waals surface area contributed by atoms with Gasteiger partial charge in [-0.15, -0.1) is 0 Å². The zero-order chi connectivity index (χ0) is 13.2. The number of primary amides is 1. The van der Waals surface area contributed by atoms with Crippen LogP contribution in [0.1, 0.15) is 12.5 Å². The van der Waals surface area contributed by atoms with E-state index in [0.717, 1.165) is 11.8 Å². The molecular weight excluding hydrogens is 233 g/mol. The largest absolute Gasteiger partial charge is 0.368 e. The summed E-state index contributed by atoms with van der Waals surface area (Å²) in [5.41, 5.74) is 5.30. The summed E-state index contributed by atoms with van der Waals surface area (Å²) in [6.45, 7) is 1.65. The number of benzene rings is 1. The van der Waals surface area contributed by atoms with Gasteiger partial charge in [0, 0.05) is 6.42 Å². The summed E-state index contributed by atoms with van der Waals surface area (Å²) in [7, 11) is 0. The average molecular weight is 247 g/mol. The van der Waals surface area contributed by atoms with Crippen LogP contribution in [-0.2, 0) is 16.8 Å². The number of carbonyl (C=O) groups excluding carboxylic acids is 1. The SMILES string of the molecule is CC(Cc1ccccc1)(C(N)=O)n1cc(F)cn1. The van der Waals surface area contributed by atoms with Crippen molar-refractivity contribution >= 4 is 5.91 Å². The Morgan fingerprint density at radius 3 is 2.61 bits per heavy atom. The number of halogens is 1. The first kappa shape index (κ1) is 12.3. The minimum Gasteiger partial charge on any atom is -0.368 e. The predicted octanol–water partition coefficient (Wildman–Crippen LogP) is 1.47. The number of rotatable bonds is 4. The second-order valence-electron chi connectivity index (χ2n) is 4.40. The Balaban J connectivity index is 2.36. The van der Waals surface area contributed by atoms with Gasteiger partial charge in [0.1, 0.15) is 5.54 Å². The third-order valence-electron chi connectivity index (χ3n) is 2.98. The normalized spacial score (nSPS) is 14.1. The Labute approximate surface area is 104 Å². The molecule has 1 aromatic carbocycles. The van der Waals surface area contributed by atoms with Gasteiger partial charge in [-0.1, -0.05) is 30.3 Å². The first-order valence-electron chi connectivity index (χ1n) is 5.57. The lowest BCUT2D eigenvalue weighted by atomic mass is 9.92. The van der Waals surface area contributed by atoms with E-state index in [0.29, 0.717) is 6.42 Å². The summed E-state index contributed by atoms with van der Waals surface area (Å²) in [6.07, 6.45) is 2.60. The van der Waals surface area contributed by atoms with E-state index in [1.165, 1.54) is 10.9 Å². The van der Waals surface area contributed by atoms with Gasteiger partial charge in [-0.2, -0.15) is 5.10 Å². The van der Waals surface area contributed by atoms with Crippen molar-refractivity contribution in [2.75, 3.05) is 0 Å². The van der Waals surface area contributed by atoms with Crippen LogP contribution in [0.2, 0.25) is 0 Å². The molecule has 0 aliphatic rings. The molecule has 0 bridgehead atoms. The number of nitrogens with two attached hydrogens (primary N) is 1. The molecule has 5 heteroatoms. The molecule has 0 spiro atoms. The van der Waals surface area contributed by atoms with Crippen LogP contribution in [0.5, 0.6) is 0 Å². The highest BCUT2D eigenvalue weighted by Crippen LogP contribution is 2.21. The number of hydrogen-bond acceptors (Lipinski definition) is 2.